The average Bonchev–Trinajstić information content (AvgIpc) is 3.09. The molecule has 0 amide bonds. The molecule has 0 bridgehead atoms. The largest absolute Gasteiger partial charge is 0.384 e. The molecule has 36 heavy (non-hydrogen) atoms. The van der Waals surface area contributed by atoms with Gasteiger partial charge in [0.15, 0.2) is 11.5 Å². The number of carbonyl (C=O) groups excluding carboxylic acids is 1. The van der Waals surface area contributed by atoms with Crippen LogP contribution in [0.4, 0.5) is 11.6 Å². The summed E-state index contributed by atoms with van der Waals surface area (Å²) in [5, 5.41) is 13.8. The normalized spacial score (nSPS) is 11.2. The van der Waals surface area contributed by atoms with Crippen molar-refractivity contribution in [1.29, 1.82) is 0 Å². The van der Waals surface area contributed by atoms with Crippen LogP contribution in [0.2, 0.25) is 0 Å². The number of benzene rings is 1. The van der Waals surface area contributed by atoms with E-state index in [1.807, 2.05) is 26.0 Å². The number of aldehydes is 1. The van der Waals surface area contributed by atoms with Gasteiger partial charge in [-0.15, -0.1) is 6.58 Å². The first kappa shape index (κ1) is 26.5. The van der Waals surface area contributed by atoms with Crippen molar-refractivity contribution in [3.05, 3.63) is 82.9 Å². The lowest BCUT2D eigenvalue weighted by Crippen LogP contribution is -2.23. The van der Waals surface area contributed by atoms with Crippen LogP contribution in [0.3, 0.4) is 0 Å². The van der Waals surface area contributed by atoms with Gasteiger partial charge in [0.25, 0.3) is 5.56 Å². The van der Waals surface area contributed by atoms with Gasteiger partial charge in [0, 0.05) is 17.4 Å². The Hall–Kier alpha value is -4.15. The number of nitrogens with one attached hydrogen (secondary N) is 1. The van der Waals surface area contributed by atoms with Gasteiger partial charge in [-0.3, -0.25) is 9.59 Å². The topological polar surface area (TPSA) is 118 Å². The van der Waals surface area contributed by atoms with Crippen LogP contribution in [0.25, 0.3) is 16.9 Å². The SMILES string of the molecule is C=CCn1c(=O)c2cnc(Nc3cccc(C=O)c3)nc2n1-c1cccc(C(C)(C)O)n1.CN(C)C. The molecule has 4 rings (SSSR count). The minimum absolute atomic E-state index is 0.230. The van der Waals surface area contributed by atoms with Gasteiger partial charge in [-0.25, -0.2) is 19.3 Å². The molecule has 0 aliphatic heterocycles. The summed E-state index contributed by atoms with van der Waals surface area (Å²) in [6.45, 7) is 7.25. The molecule has 0 fully saturated rings. The van der Waals surface area contributed by atoms with Crippen LogP contribution in [0.15, 0.2) is 66.1 Å². The molecule has 2 N–H and O–H groups in total. The second-order valence-electron chi connectivity index (χ2n) is 9.07. The molecule has 1 aromatic carbocycles. The lowest BCUT2D eigenvalue weighted by Gasteiger charge is -2.18. The van der Waals surface area contributed by atoms with Crippen LogP contribution in [-0.4, -0.2) is 61.8 Å². The van der Waals surface area contributed by atoms with Crippen molar-refractivity contribution >= 4 is 29.0 Å². The first-order valence-corrected chi connectivity index (χ1v) is 11.3. The van der Waals surface area contributed by atoms with E-state index in [9.17, 15) is 14.7 Å². The zero-order chi connectivity index (χ0) is 26.5. The van der Waals surface area contributed by atoms with E-state index in [2.05, 4.69) is 26.8 Å². The standard InChI is InChI=1S/C23H22N6O3.C3H9N/c1-4-11-28-21(31)17-13-24-22(25-16-8-5-7-15(12-16)14-30)27-20(17)29(28)19-10-6-9-18(26-19)23(2,3)32;1-4(2)3/h4-10,12-14,32H,1,11H2,2-3H3,(H,24,25,27);1-3H3. The summed E-state index contributed by atoms with van der Waals surface area (Å²) in [7, 11) is 6.00. The zero-order valence-corrected chi connectivity index (χ0v) is 21.1. The Morgan fingerprint density at radius 2 is 1.83 bits per heavy atom. The Bertz CT molecular complexity index is 1430. The Morgan fingerprint density at radius 1 is 1.14 bits per heavy atom. The molecule has 0 saturated heterocycles. The third kappa shape index (κ3) is 6.09. The second-order valence-corrected chi connectivity index (χ2v) is 9.07. The van der Waals surface area contributed by atoms with E-state index in [-0.39, 0.29) is 18.1 Å². The average molecular weight is 490 g/mol. The van der Waals surface area contributed by atoms with Gasteiger partial charge in [0.1, 0.15) is 17.3 Å². The molecule has 0 aliphatic carbocycles. The van der Waals surface area contributed by atoms with Crippen molar-refractivity contribution in [2.75, 3.05) is 26.5 Å². The number of aromatic nitrogens is 5. The van der Waals surface area contributed by atoms with Crippen molar-refractivity contribution in [1.82, 2.24) is 29.2 Å². The number of aliphatic hydroxyl groups is 1. The molecule has 0 unspecified atom stereocenters. The van der Waals surface area contributed by atoms with Crippen molar-refractivity contribution < 1.29 is 9.90 Å². The van der Waals surface area contributed by atoms with Crippen molar-refractivity contribution in [3.8, 4) is 5.82 Å². The molecule has 0 radical (unpaired) electrons. The first-order valence-electron chi connectivity index (χ1n) is 11.3. The molecule has 188 valence electrons. The molecule has 3 heterocycles. The number of carbonyl (C=O) groups is 1. The highest BCUT2D eigenvalue weighted by atomic mass is 16.3. The number of rotatable bonds is 7. The number of nitrogens with zero attached hydrogens (tertiary/aromatic N) is 6. The summed E-state index contributed by atoms with van der Waals surface area (Å²) in [5.41, 5.74) is 0.500. The van der Waals surface area contributed by atoms with E-state index in [1.54, 1.807) is 67.1 Å². The van der Waals surface area contributed by atoms with Crippen molar-refractivity contribution in [3.63, 3.8) is 0 Å². The second kappa shape index (κ2) is 11.1. The summed E-state index contributed by atoms with van der Waals surface area (Å²) in [6.07, 6.45) is 3.81. The van der Waals surface area contributed by atoms with Crippen LogP contribution < -0.4 is 10.9 Å². The molecular weight excluding hydrogens is 458 g/mol. The summed E-state index contributed by atoms with van der Waals surface area (Å²) < 4.78 is 3.04. The molecule has 0 atom stereocenters. The lowest BCUT2D eigenvalue weighted by molar-refractivity contribution is 0.0738. The molecular formula is C26H31N7O3. The van der Waals surface area contributed by atoms with Crippen molar-refractivity contribution in [2.24, 2.45) is 0 Å². The molecule has 3 aromatic heterocycles. The van der Waals surface area contributed by atoms with Crippen LogP contribution in [0.1, 0.15) is 29.9 Å². The highest BCUT2D eigenvalue weighted by Crippen LogP contribution is 2.22. The Morgan fingerprint density at radius 3 is 2.47 bits per heavy atom. The molecule has 10 heteroatoms. The maximum Gasteiger partial charge on any atom is 0.278 e. The number of anilines is 2. The number of hydrogen-bond donors (Lipinski definition) is 2. The lowest BCUT2D eigenvalue weighted by atomic mass is 10.1. The summed E-state index contributed by atoms with van der Waals surface area (Å²) in [6, 6.07) is 12.1. The number of hydrogen-bond acceptors (Lipinski definition) is 8. The monoisotopic (exact) mass is 489 g/mol. The highest BCUT2D eigenvalue weighted by molar-refractivity contribution is 5.79. The van der Waals surface area contributed by atoms with Crippen LogP contribution >= 0.6 is 0 Å². The van der Waals surface area contributed by atoms with Crippen LogP contribution in [0, 0.1) is 0 Å². The van der Waals surface area contributed by atoms with Crippen molar-refractivity contribution in [2.45, 2.75) is 26.0 Å². The predicted octanol–water partition coefficient (Wildman–Crippen LogP) is 3.12. The minimum Gasteiger partial charge on any atom is -0.384 e. The summed E-state index contributed by atoms with van der Waals surface area (Å²) in [4.78, 5) is 39.4. The van der Waals surface area contributed by atoms with Gasteiger partial charge in [-0.2, -0.15) is 4.98 Å². The number of allylic oxidation sites excluding steroid dienone is 1. The van der Waals surface area contributed by atoms with E-state index in [0.717, 1.165) is 6.29 Å². The zero-order valence-electron chi connectivity index (χ0n) is 21.1. The smallest absolute Gasteiger partial charge is 0.278 e. The van der Waals surface area contributed by atoms with E-state index in [0.29, 0.717) is 33.8 Å². The predicted molar refractivity (Wildman–Crippen MR) is 141 cm³/mol. The van der Waals surface area contributed by atoms with Gasteiger partial charge < -0.3 is 15.3 Å². The van der Waals surface area contributed by atoms with Gasteiger partial charge in [-0.05, 0) is 59.3 Å². The fraction of sp³-hybridized carbons (Fsp3) is 0.269. The maximum absolute atomic E-state index is 13.0. The minimum atomic E-state index is -1.16. The van der Waals surface area contributed by atoms with E-state index in [1.165, 1.54) is 10.9 Å². The van der Waals surface area contributed by atoms with Crippen LogP contribution in [-0.2, 0) is 12.1 Å². The molecule has 0 saturated carbocycles. The Labute approximate surface area is 209 Å². The molecule has 4 aromatic rings. The molecule has 0 aliphatic rings. The van der Waals surface area contributed by atoms with E-state index in [4.69, 9.17) is 0 Å². The van der Waals surface area contributed by atoms with E-state index >= 15 is 0 Å². The Kier molecular flexibility index (Phi) is 8.13. The summed E-state index contributed by atoms with van der Waals surface area (Å²) in [5.74, 6) is 0.676. The van der Waals surface area contributed by atoms with Gasteiger partial charge in [0.2, 0.25) is 5.95 Å². The first-order chi connectivity index (χ1) is 17.0. The highest BCUT2D eigenvalue weighted by Gasteiger charge is 2.21. The number of fused-ring (bicyclic) bond motifs is 1. The Balaban J connectivity index is 0.000000840. The molecule has 10 nitrogen and oxygen atoms in total. The van der Waals surface area contributed by atoms with Gasteiger partial charge in [0.05, 0.1) is 12.2 Å². The summed E-state index contributed by atoms with van der Waals surface area (Å²) >= 11 is 0. The third-order valence-corrected chi connectivity index (χ3v) is 4.83. The van der Waals surface area contributed by atoms with Gasteiger partial charge in [-0.1, -0.05) is 24.3 Å². The van der Waals surface area contributed by atoms with Crippen LogP contribution in [0.5, 0.6) is 0 Å². The van der Waals surface area contributed by atoms with E-state index < -0.39 is 5.60 Å². The quantitative estimate of drug-likeness (QED) is 0.300. The fourth-order valence-electron chi connectivity index (χ4n) is 3.31. The number of pyridine rings is 1. The molecule has 0 spiro atoms. The third-order valence-electron chi connectivity index (χ3n) is 4.83. The van der Waals surface area contributed by atoms with Gasteiger partial charge >= 0.3 is 0 Å². The maximum atomic E-state index is 13.0. The fourth-order valence-corrected chi connectivity index (χ4v) is 3.31.